The molecular formula is C13H15N3O. The summed E-state index contributed by atoms with van der Waals surface area (Å²) in [6.45, 7) is 2.49. The quantitative estimate of drug-likeness (QED) is 0.846. The standard InChI is InChI=1S/C13H15N3O/c1-3-15-13(17)11-8-9-6-4-5-7-10(9)12(14-2)16-11/h4-8H,3H2,1-2H3,(H,14,16)(H,15,17). The van der Waals surface area contributed by atoms with Gasteiger partial charge >= 0.3 is 0 Å². The van der Waals surface area contributed by atoms with Crippen LogP contribution < -0.4 is 10.6 Å². The average molecular weight is 229 g/mol. The van der Waals surface area contributed by atoms with Crippen molar-refractivity contribution < 1.29 is 4.79 Å². The van der Waals surface area contributed by atoms with Crippen LogP contribution in [0.4, 0.5) is 5.82 Å². The van der Waals surface area contributed by atoms with Gasteiger partial charge in [-0.05, 0) is 18.4 Å². The molecule has 0 saturated heterocycles. The zero-order valence-electron chi connectivity index (χ0n) is 9.95. The number of rotatable bonds is 3. The fraction of sp³-hybridized carbons (Fsp3) is 0.231. The van der Waals surface area contributed by atoms with E-state index in [9.17, 15) is 4.79 Å². The number of nitrogens with zero attached hydrogens (tertiary/aromatic N) is 1. The molecule has 2 aromatic rings. The SMILES string of the molecule is CCNC(=O)c1cc2ccccc2c(NC)n1. The highest BCUT2D eigenvalue weighted by Gasteiger charge is 2.10. The van der Waals surface area contributed by atoms with E-state index in [1.54, 1.807) is 13.1 Å². The van der Waals surface area contributed by atoms with Crippen molar-refractivity contribution in [1.82, 2.24) is 10.3 Å². The molecule has 0 aliphatic rings. The molecule has 4 heteroatoms. The van der Waals surface area contributed by atoms with Crippen LogP contribution >= 0.6 is 0 Å². The lowest BCUT2D eigenvalue weighted by molar-refractivity contribution is 0.0951. The second kappa shape index (κ2) is 4.82. The third-order valence-electron chi connectivity index (χ3n) is 2.55. The predicted molar refractivity (Wildman–Crippen MR) is 69.3 cm³/mol. The van der Waals surface area contributed by atoms with Crippen LogP contribution in [-0.4, -0.2) is 24.5 Å². The van der Waals surface area contributed by atoms with E-state index < -0.39 is 0 Å². The third-order valence-corrected chi connectivity index (χ3v) is 2.55. The van der Waals surface area contributed by atoms with Crippen molar-refractivity contribution in [2.24, 2.45) is 0 Å². The zero-order valence-corrected chi connectivity index (χ0v) is 9.95. The molecule has 1 aromatic heterocycles. The Kier molecular flexibility index (Phi) is 3.23. The first kappa shape index (κ1) is 11.4. The summed E-state index contributed by atoms with van der Waals surface area (Å²) < 4.78 is 0. The number of pyridine rings is 1. The number of carbonyl (C=O) groups is 1. The van der Waals surface area contributed by atoms with E-state index in [0.717, 1.165) is 16.6 Å². The molecule has 1 aromatic carbocycles. The maximum Gasteiger partial charge on any atom is 0.269 e. The van der Waals surface area contributed by atoms with Gasteiger partial charge in [0.1, 0.15) is 11.5 Å². The normalized spacial score (nSPS) is 10.2. The van der Waals surface area contributed by atoms with Crippen LogP contribution in [-0.2, 0) is 0 Å². The summed E-state index contributed by atoms with van der Waals surface area (Å²) in [6, 6.07) is 9.66. The van der Waals surface area contributed by atoms with Crippen molar-refractivity contribution in [2.75, 3.05) is 18.9 Å². The molecular weight excluding hydrogens is 214 g/mol. The molecule has 2 N–H and O–H groups in total. The molecule has 0 aliphatic carbocycles. The van der Waals surface area contributed by atoms with E-state index >= 15 is 0 Å². The van der Waals surface area contributed by atoms with Gasteiger partial charge in [0.2, 0.25) is 0 Å². The molecule has 4 nitrogen and oxygen atoms in total. The highest BCUT2D eigenvalue weighted by molar-refractivity contribution is 6.00. The maximum atomic E-state index is 11.8. The van der Waals surface area contributed by atoms with Crippen LogP contribution in [0.5, 0.6) is 0 Å². The number of hydrogen-bond acceptors (Lipinski definition) is 3. The van der Waals surface area contributed by atoms with Gasteiger partial charge in [0, 0.05) is 19.0 Å². The highest BCUT2D eigenvalue weighted by Crippen LogP contribution is 2.21. The van der Waals surface area contributed by atoms with Crippen LogP contribution in [0.15, 0.2) is 30.3 Å². The minimum absolute atomic E-state index is 0.144. The zero-order chi connectivity index (χ0) is 12.3. The Hall–Kier alpha value is -2.10. The largest absolute Gasteiger partial charge is 0.373 e. The van der Waals surface area contributed by atoms with Gasteiger partial charge in [-0.3, -0.25) is 4.79 Å². The second-order valence-electron chi connectivity index (χ2n) is 3.69. The molecule has 88 valence electrons. The number of anilines is 1. The summed E-state index contributed by atoms with van der Waals surface area (Å²) in [7, 11) is 1.80. The molecule has 2 rings (SSSR count). The maximum absolute atomic E-state index is 11.8. The Morgan fingerprint density at radius 3 is 2.82 bits per heavy atom. The topological polar surface area (TPSA) is 54.0 Å². The number of nitrogens with one attached hydrogen (secondary N) is 2. The Morgan fingerprint density at radius 2 is 2.12 bits per heavy atom. The molecule has 0 aliphatic heterocycles. The predicted octanol–water partition coefficient (Wildman–Crippen LogP) is 2.03. The summed E-state index contributed by atoms with van der Waals surface area (Å²) in [5.41, 5.74) is 0.440. The van der Waals surface area contributed by atoms with E-state index in [0.29, 0.717) is 12.2 Å². The minimum atomic E-state index is -0.144. The Morgan fingerprint density at radius 1 is 1.35 bits per heavy atom. The first-order valence-corrected chi connectivity index (χ1v) is 5.62. The molecule has 0 atom stereocenters. The Bertz CT molecular complexity index is 551. The van der Waals surface area contributed by atoms with Gasteiger partial charge in [-0.15, -0.1) is 0 Å². The lowest BCUT2D eigenvalue weighted by atomic mass is 10.1. The van der Waals surface area contributed by atoms with E-state index in [2.05, 4.69) is 15.6 Å². The van der Waals surface area contributed by atoms with Gasteiger partial charge in [0.25, 0.3) is 5.91 Å². The lowest BCUT2D eigenvalue weighted by Gasteiger charge is -2.08. The third kappa shape index (κ3) is 2.20. The summed E-state index contributed by atoms with van der Waals surface area (Å²) in [5, 5.41) is 7.79. The number of hydrogen-bond donors (Lipinski definition) is 2. The lowest BCUT2D eigenvalue weighted by Crippen LogP contribution is -2.23. The number of amides is 1. The molecule has 0 radical (unpaired) electrons. The van der Waals surface area contributed by atoms with Crippen LogP contribution in [0.25, 0.3) is 10.8 Å². The molecule has 0 saturated carbocycles. The van der Waals surface area contributed by atoms with E-state index in [-0.39, 0.29) is 5.91 Å². The van der Waals surface area contributed by atoms with Crippen molar-refractivity contribution in [3.63, 3.8) is 0 Å². The molecule has 0 fully saturated rings. The molecule has 17 heavy (non-hydrogen) atoms. The summed E-state index contributed by atoms with van der Waals surface area (Å²) in [4.78, 5) is 16.1. The van der Waals surface area contributed by atoms with Gasteiger partial charge in [-0.2, -0.15) is 0 Å². The Balaban J connectivity index is 2.56. The number of aromatic nitrogens is 1. The molecule has 1 amide bonds. The fourth-order valence-electron chi connectivity index (χ4n) is 1.76. The van der Waals surface area contributed by atoms with Crippen molar-refractivity contribution in [3.05, 3.63) is 36.0 Å². The Labute approximate surface area is 100 Å². The van der Waals surface area contributed by atoms with Crippen molar-refractivity contribution in [3.8, 4) is 0 Å². The number of carbonyl (C=O) groups excluding carboxylic acids is 1. The molecule has 1 heterocycles. The number of fused-ring (bicyclic) bond motifs is 1. The molecule has 0 spiro atoms. The van der Waals surface area contributed by atoms with Crippen LogP contribution in [0.2, 0.25) is 0 Å². The first-order chi connectivity index (χ1) is 8.26. The minimum Gasteiger partial charge on any atom is -0.373 e. The van der Waals surface area contributed by atoms with Crippen molar-refractivity contribution >= 4 is 22.5 Å². The average Bonchev–Trinajstić information content (AvgIpc) is 2.37. The summed E-state index contributed by atoms with van der Waals surface area (Å²) in [6.07, 6.45) is 0. The van der Waals surface area contributed by atoms with E-state index in [1.807, 2.05) is 31.2 Å². The van der Waals surface area contributed by atoms with Crippen LogP contribution in [0, 0.1) is 0 Å². The summed E-state index contributed by atoms with van der Waals surface area (Å²) in [5.74, 6) is 0.583. The molecule has 0 bridgehead atoms. The first-order valence-electron chi connectivity index (χ1n) is 5.62. The van der Waals surface area contributed by atoms with Gasteiger partial charge in [0.05, 0.1) is 0 Å². The molecule has 0 unspecified atom stereocenters. The second-order valence-corrected chi connectivity index (χ2v) is 3.69. The smallest absolute Gasteiger partial charge is 0.269 e. The highest BCUT2D eigenvalue weighted by atomic mass is 16.1. The van der Waals surface area contributed by atoms with Gasteiger partial charge < -0.3 is 10.6 Å². The van der Waals surface area contributed by atoms with Crippen molar-refractivity contribution in [2.45, 2.75) is 6.92 Å². The van der Waals surface area contributed by atoms with Crippen molar-refractivity contribution in [1.29, 1.82) is 0 Å². The van der Waals surface area contributed by atoms with Gasteiger partial charge in [-0.25, -0.2) is 4.98 Å². The van der Waals surface area contributed by atoms with Crippen LogP contribution in [0.1, 0.15) is 17.4 Å². The van der Waals surface area contributed by atoms with E-state index in [4.69, 9.17) is 0 Å². The number of benzene rings is 1. The monoisotopic (exact) mass is 229 g/mol. The van der Waals surface area contributed by atoms with E-state index in [1.165, 1.54) is 0 Å². The van der Waals surface area contributed by atoms with Crippen LogP contribution in [0.3, 0.4) is 0 Å². The van der Waals surface area contributed by atoms with Gasteiger partial charge in [0.15, 0.2) is 0 Å². The fourth-order valence-corrected chi connectivity index (χ4v) is 1.76. The van der Waals surface area contributed by atoms with Gasteiger partial charge in [-0.1, -0.05) is 24.3 Å². The summed E-state index contributed by atoms with van der Waals surface area (Å²) >= 11 is 0.